The lowest BCUT2D eigenvalue weighted by Crippen LogP contribution is -2.26. The van der Waals surface area contributed by atoms with Gasteiger partial charge in [-0.15, -0.1) is 12.4 Å². The summed E-state index contributed by atoms with van der Waals surface area (Å²) in [6, 6.07) is 14.3. The second-order valence-electron chi connectivity index (χ2n) is 6.56. The third kappa shape index (κ3) is 6.58. The molecule has 0 amide bonds. The molecule has 0 radical (unpaired) electrons. The van der Waals surface area contributed by atoms with Crippen LogP contribution in [0.15, 0.2) is 48.5 Å². The van der Waals surface area contributed by atoms with Crippen LogP contribution in [0.2, 0.25) is 0 Å². The topological polar surface area (TPSA) is 75.7 Å². The zero-order valence-corrected chi connectivity index (χ0v) is 15.6. The molecule has 4 nitrogen and oxygen atoms in total. The van der Waals surface area contributed by atoms with Crippen molar-refractivity contribution in [3.63, 3.8) is 0 Å². The Balaban J connectivity index is 0.00000312. The number of aromatic hydroxyl groups is 1. The molecular weight excluding hydrogens is 338 g/mol. The van der Waals surface area contributed by atoms with Crippen LogP contribution < -0.4 is 10.5 Å². The summed E-state index contributed by atoms with van der Waals surface area (Å²) >= 11 is 0. The molecule has 0 fully saturated rings. The van der Waals surface area contributed by atoms with Gasteiger partial charge in [0.25, 0.3) is 0 Å². The predicted molar refractivity (Wildman–Crippen MR) is 103 cm³/mol. The molecule has 2 aromatic carbocycles. The lowest BCUT2D eigenvalue weighted by molar-refractivity contribution is 0.127. The standard InChI is InChI=1S/C20H27NO3.ClH/c1-14(2)8-11-18(22)20(21)17-10-9-16(12-19(17)23)24-13-15-6-4-3-5-7-15;/h3-7,9-10,12,14,18,20,22-23H,8,11,13,21H2,1-2H3;1H/t18-,20+;/m0./s1. The first-order valence-corrected chi connectivity index (χ1v) is 8.40. The van der Waals surface area contributed by atoms with E-state index in [4.69, 9.17) is 10.5 Å². The van der Waals surface area contributed by atoms with Crippen LogP contribution in [-0.4, -0.2) is 16.3 Å². The molecule has 2 rings (SSSR count). The number of aliphatic hydroxyl groups excluding tert-OH is 1. The van der Waals surface area contributed by atoms with Gasteiger partial charge in [0.2, 0.25) is 0 Å². The number of hydrogen-bond acceptors (Lipinski definition) is 4. The number of nitrogens with two attached hydrogens (primary N) is 1. The Kier molecular flexibility index (Phi) is 8.76. The van der Waals surface area contributed by atoms with E-state index in [0.29, 0.717) is 30.3 Å². The highest BCUT2D eigenvalue weighted by molar-refractivity contribution is 5.85. The van der Waals surface area contributed by atoms with Gasteiger partial charge in [-0.3, -0.25) is 0 Å². The van der Waals surface area contributed by atoms with Crippen LogP contribution >= 0.6 is 12.4 Å². The van der Waals surface area contributed by atoms with Crippen molar-refractivity contribution in [3.05, 3.63) is 59.7 Å². The lowest BCUT2D eigenvalue weighted by atomic mass is 9.95. The molecule has 0 spiro atoms. The molecule has 0 aliphatic rings. The minimum absolute atomic E-state index is 0. The Labute approximate surface area is 156 Å². The Morgan fingerprint density at radius 1 is 1.04 bits per heavy atom. The number of benzene rings is 2. The van der Waals surface area contributed by atoms with Crippen LogP contribution in [0.4, 0.5) is 0 Å². The number of phenolic OH excluding ortho intramolecular Hbond substituents is 1. The quantitative estimate of drug-likeness (QED) is 0.655. The molecule has 0 heterocycles. The molecular formula is C20H28ClNO3. The summed E-state index contributed by atoms with van der Waals surface area (Å²) in [5, 5.41) is 20.4. The normalized spacial score (nSPS) is 13.2. The zero-order valence-electron chi connectivity index (χ0n) is 14.8. The molecule has 0 aliphatic carbocycles. The van der Waals surface area contributed by atoms with Gasteiger partial charge in [0.05, 0.1) is 12.1 Å². The van der Waals surface area contributed by atoms with Gasteiger partial charge in [0.15, 0.2) is 0 Å². The SMILES string of the molecule is CC(C)CC[C@H](O)[C@H](N)c1ccc(OCc2ccccc2)cc1O.Cl. The monoisotopic (exact) mass is 365 g/mol. The van der Waals surface area contributed by atoms with Crippen LogP contribution in [-0.2, 0) is 6.61 Å². The third-order valence-electron chi connectivity index (χ3n) is 4.06. The molecule has 25 heavy (non-hydrogen) atoms. The van der Waals surface area contributed by atoms with Crippen LogP contribution in [0.25, 0.3) is 0 Å². The van der Waals surface area contributed by atoms with Gasteiger partial charge < -0.3 is 20.7 Å². The van der Waals surface area contributed by atoms with Crippen molar-refractivity contribution >= 4 is 12.4 Å². The number of halogens is 1. The summed E-state index contributed by atoms with van der Waals surface area (Å²) < 4.78 is 5.68. The zero-order chi connectivity index (χ0) is 17.5. The fraction of sp³-hybridized carbons (Fsp3) is 0.400. The van der Waals surface area contributed by atoms with E-state index in [1.165, 1.54) is 0 Å². The Bertz CT molecular complexity index is 634. The number of phenols is 1. The maximum absolute atomic E-state index is 10.2. The third-order valence-corrected chi connectivity index (χ3v) is 4.06. The van der Waals surface area contributed by atoms with Crippen LogP contribution in [0.1, 0.15) is 43.9 Å². The summed E-state index contributed by atoms with van der Waals surface area (Å²) in [7, 11) is 0. The average molecular weight is 366 g/mol. The highest BCUT2D eigenvalue weighted by Crippen LogP contribution is 2.30. The van der Waals surface area contributed by atoms with Crippen LogP contribution in [0, 0.1) is 5.92 Å². The van der Waals surface area contributed by atoms with Crippen molar-refractivity contribution in [1.82, 2.24) is 0 Å². The first-order valence-electron chi connectivity index (χ1n) is 8.40. The van der Waals surface area contributed by atoms with Crippen LogP contribution in [0.3, 0.4) is 0 Å². The fourth-order valence-electron chi connectivity index (χ4n) is 2.53. The van der Waals surface area contributed by atoms with Crippen molar-refractivity contribution in [2.75, 3.05) is 0 Å². The first kappa shape index (κ1) is 21.3. The molecule has 0 aliphatic heterocycles. The fourth-order valence-corrected chi connectivity index (χ4v) is 2.53. The highest BCUT2D eigenvalue weighted by Gasteiger charge is 2.20. The van der Waals surface area contributed by atoms with Crippen molar-refractivity contribution in [1.29, 1.82) is 0 Å². The van der Waals surface area contributed by atoms with Crippen LogP contribution in [0.5, 0.6) is 11.5 Å². The smallest absolute Gasteiger partial charge is 0.124 e. The maximum Gasteiger partial charge on any atom is 0.124 e. The number of aliphatic hydroxyl groups is 1. The van der Waals surface area contributed by atoms with Crippen molar-refractivity contribution in [2.24, 2.45) is 11.7 Å². The van der Waals surface area contributed by atoms with Gasteiger partial charge in [-0.05, 0) is 36.5 Å². The molecule has 0 aromatic heterocycles. The Hall–Kier alpha value is -1.75. The molecule has 0 saturated carbocycles. The van der Waals surface area contributed by atoms with E-state index in [1.807, 2.05) is 30.3 Å². The molecule has 0 saturated heterocycles. The molecule has 138 valence electrons. The van der Waals surface area contributed by atoms with Crippen molar-refractivity contribution < 1.29 is 14.9 Å². The minimum Gasteiger partial charge on any atom is -0.507 e. The summed E-state index contributed by atoms with van der Waals surface area (Å²) in [6.45, 7) is 4.64. The van der Waals surface area contributed by atoms with Gasteiger partial charge in [-0.1, -0.05) is 44.2 Å². The van der Waals surface area contributed by atoms with Gasteiger partial charge in [0.1, 0.15) is 18.1 Å². The predicted octanol–water partition coefficient (Wildman–Crippen LogP) is 4.19. The van der Waals surface area contributed by atoms with E-state index in [2.05, 4.69) is 13.8 Å². The van der Waals surface area contributed by atoms with E-state index >= 15 is 0 Å². The summed E-state index contributed by atoms with van der Waals surface area (Å²) in [6.07, 6.45) is 0.840. The Morgan fingerprint density at radius 3 is 2.32 bits per heavy atom. The average Bonchev–Trinajstić information content (AvgIpc) is 2.58. The lowest BCUT2D eigenvalue weighted by Gasteiger charge is -2.21. The summed E-state index contributed by atoms with van der Waals surface area (Å²) in [4.78, 5) is 0. The largest absolute Gasteiger partial charge is 0.507 e. The molecule has 0 bridgehead atoms. The minimum atomic E-state index is -0.672. The van der Waals surface area contributed by atoms with Gasteiger partial charge in [-0.2, -0.15) is 0 Å². The molecule has 5 heteroatoms. The van der Waals surface area contributed by atoms with Crippen molar-refractivity contribution in [3.8, 4) is 11.5 Å². The molecule has 2 atom stereocenters. The summed E-state index contributed by atoms with van der Waals surface area (Å²) in [5.74, 6) is 1.13. The maximum atomic E-state index is 10.2. The van der Waals surface area contributed by atoms with Gasteiger partial charge in [-0.25, -0.2) is 0 Å². The van der Waals surface area contributed by atoms with E-state index in [1.54, 1.807) is 18.2 Å². The second-order valence-corrected chi connectivity index (χ2v) is 6.56. The van der Waals surface area contributed by atoms with E-state index in [0.717, 1.165) is 12.0 Å². The van der Waals surface area contributed by atoms with Gasteiger partial charge in [0, 0.05) is 11.6 Å². The van der Waals surface area contributed by atoms with Gasteiger partial charge >= 0.3 is 0 Å². The van der Waals surface area contributed by atoms with Crippen molar-refractivity contribution in [2.45, 2.75) is 45.4 Å². The summed E-state index contributed by atoms with van der Waals surface area (Å²) in [5.41, 5.74) is 7.69. The molecule has 0 unspecified atom stereocenters. The number of ether oxygens (including phenoxy) is 1. The number of rotatable bonds is 8. The second kappa shape index (κ2) is 10.3. The highest BCUT2D eigenvalue weighted by atomic mass is 35.5. The number of hydrogen-bond donors (Lipinski definition) is 3. The first-order chi connectivity index (χ1) is 11.5. The molecule has 4 N–H and O–H groups in total. The Morgan fingerprint density at radius 2 is 1.72 bits per heavy atom. The van der Waals surface area contributed by atoms with E-state index in [9.17, 15) is 10.2 Å². The molecule has 2 aromatic rings. The van der Waals surface area contributed by atoms with E-state index in [-0.39, 0.29) is 18.2 Å². The van der Waals surface area contributed by atoms with E-state index < -0.39 is 12.1 Å².